The Labute approximate surface area is 99.8 Å². The number of pyridine rings is 1. The zero-order valence-electron chi connectivity index (χ0n) is 9.91. The Morgan fingerprint density at radius 3 is 2.59 bits per heavy atom. The lowest BCUT2D eigenvalue weighted by atomic mass is 10.3. The third-order valence-corrected chi connectivity index (χ3v) is 2.07. The van der Waals surface area contributed by atoms with E-state index in [4.69, 9.17) is 0 Å². The van der Waals surface area contributed by atoms with Gasteiger partial charge in [0, 0.05) is 13.6 Å². The number of carbonyl (C=O) groups excluding carboxylic acids is 2. The second-order valence-corrected chi connectivity index (χ2v) is 3.32. The largest absolute Gasteiger partial charge is 0.387 e. The van der Waals surface area contributed by atoms with E-state index in [1.54, 1.807) is 25.4 Å². The van der Waals surface area contributed by atoms with E-state index in [9.17, 15) is 9.59 Å². The number of rotatable bonds is 5. The van der Waals surface area contributed by atoms with Gasteiger partial charge in [-0.1, -0.05) is 0 Å². The third-order valence-electron chi connectivity index (χ3n) is 2.07. The van der Waals surface area contributed by atoms with Gasteiger partial charge >= 0.3 is 0 Å². The van der Waals surface area contributed by atoms with E-state index in [0.29, 0.717) is 6.54 Å². The Bertz CT molecular complexity index is 389. The molecule has 0 saturated carbocycles. The highest BCUT2D eigenvalue weighted by atomic mass is 16.2. The van der Waals surface area contributed by atoms with Crippen LogP contribution in [0.4, 0.5) is 5.69 Å². The highest BCUT2D eigenvalue weighted by Crippen LogP contribution is 2.04. The number of hydrogen-bond acceptors (Lipinski definition) is 4. The van der Waals surface area contributed by atoms with Crippen molar-refractivity contribution in [3.63, 3.8) is 0 Å². The predicted octanol–water partition coefficient (Wildman–Crippen LogP) is -0.0108. The molecule has 2 amide bonds. The molecule has 1 aromatic heterocycles. The van der Waals surface area contributed by atoms with Gasteiger partial charge in [-0.25, -0.2) is 4.98 Å². The Balaban J connectivity index is 2.49. The van der Waals surface area contributed by atoms with Crippen LogP contribution in [-0.2, 0) is 4.79 Å². The second kappa shape index (κ2) is 6.47. The molecule has 1 aromatic rings. The molecule has 6 nitrogen and oxygen atoms in total. The number of carbonyl (C=O) groups is 2. The first-order valence-corrected chi connectivity index (χ1v) is 5.36. The zero-order chi connectivity index (χ0) is 12.7. The maximum atomic E-state index is 11.6. The van der Waals surface area contributed by atoms with Crippen molar-refractivity contribution < 1.29 is 9.59 Å². The summed E-state index contributed by atoms with van der Waals surface area (Å²) in [6, 6.07) is 3.34. The van der Waals surface area contributed by atoms with Crippen LogP contribution in [0.5, 0.6) is 0 Å². The van der Waals surface area contributed by atoms with E-state index < -0.39 is 0 Å². The number of hydrogen-bond donors (Lipinski definition) is 3. The van der Waals surface area contributed by atoms with Crippen LogP contribution in [0.15, 0.2) is 18.3 Å². The minimum Gasteiger partial charge on any atom is -0.387 e. The number of amides is 2. The molecular formula is C11H16N4O2. The summed E-state index contributed by atoms with van der Waals surface area (Å²) < 4.78 is 0. The van der Waals surface area contributed by atoms with Crippen LogP contribution in [0.25, 0.3) is 0 Å². The number of likely N-dealkylation sites (N-methyl/N-ethyl adjacent to an activating group) is 1. The van der Waals surface area contributed by atoms with Gasteiger partial charge in [0.1, 0.15) is 5.69 Å². The SMILES string of the molecule is CCNC(=O)CNC(=O)c1ccc(NC)cn1. The average Bonchev–Trinajstić information content (AvgIpc) is 2.36. The lowest BCUT2D eigenvalue weighted by molar-refractivity contribution is -0.120. The fraction of sp³-hybridized carbons (Fsp3) is 0.364. The topological polar surface area (TPSA) is 83.1 Å². The summed E-state index contributed by atoms with van der Waals surface area (Å²) in [5.41, 5.74) is 1.11. The maximum Gasteiger partial charge on any atom is 0.270 e. The third kappa shape index (κ3) is 4.10. The molecule has 1 rings (SSSR count). The Kier molecular flexibility index (Phi) is 4.93. The molecule has 0 bridgehead atoms. The highest BCUT2D eigenvalue weighted by Gasteiger charge is 2.08. The van der Waals surface area contributed by atoms with Gasteiger partial charge in [0.05, 0.1) is 18.4 Å². The smallest absolute Gasteiger partial charge is 0.270 e. The normalized spacial score (nSPS) is 9.53. The fourth-order valence-corrected chi connectivity index (χ4v) is 1.19. The molecule has 6 heteroatoms. The first-order valence-electron chi connectivity index (χ1n) is 5.36. The molecule has 0 spiro atoms. The summed E-state index contributed by atoms with van der Waals surface area (Å²) in [5, 5.41) is 7.98. The van der Waals surface area contributed by atoms with E-state index >= 15 is 0 Å². The van der Waals surface area contributed by atoms with Gasteiger partial charge in [-0.3, -0.25) is 9.59 Å². The second-order valence-electron chi connectivity index (χ2n) is 3.32. The minimum atomic E-state index is -0.362. The number of aromatic nitrogens is 1. The van der Waals surface area contributed by atoms with Crippen molar-refractivity contribution in [3.05, 3.63) is 24.0 Å². The van der Waals surface area contributed by atoms with Crippen molar-refractivity contribution in [2.75, 3.05) is 25.5 Å². The zero-order valence-corrected chi connectivity index (χ0v) is 9.91. The first kappa shape index (κ1) is 13.0. The highest BCUT2D eigenvalue weighted by molar-refractivity contribution is 5.94. The van der Waals surface area contributed by atoms with E-state index in [0.717, 1.165) is 5.69 Å². The molecule has 0 aromatic carbocycles. The molecule has 0 aliphatic heterocycles. The molecule has 0 atom stereocenters. The molecule has 0 aliphatic carbocycles. The van der Waals surface area contributed by atoms with Crippen LogP contribution in [0, 0.1) is 0 Å². The Hall–Kier alpha value is -2.11. The molecule has 0 radical (unpaired) electrons. The molecule has 0 fully saturated rings. The van der Waals surface area contributed by atoms with E-state index in [-0.39, 0.29) is 24.1 Å². The first-order chi connectivity index (χ1) is 8.17. The van der Waals surface area contributed by atoms with Crippen molar-refractivity contribution in [3.8, 4) is 0 Å². The lowest BCUT2D eigenvalue weighted by Crippen LogP contribution is -2.37. The molecule has 3 N–H and O–H groups in total. The van der Waals surface area contributed by atoms with Gasteiger partial charge in [0.25, 0.3) is 5.91 Å². The lowest BCUT2D eigenvalue weighted by Gasteiger charge is -2.05. The average molecular weight is 236 g/mol. The van der Waals surface area contributed by atoms with Crippen molar-refractivity contribution in [2.45, 2.75) is 6.92 Å². The van der Waals surface area contributed by atoms with Crippen molar-refractivity contribution >= 4 is 17.5 Å². The molecule has 0 aliphatic rings. The number of nitrogens with one attached hydrogen (secondary N) is 3. The molecular weight excluding hydrogens is 220 g/mol. The van der Waals surface area contributed by atoms with Crippen LogP contribution >= 0.6 is 0 Å². The summed E-state index contributed by atoms with van der Waals surface area (Å²) in [5.74, 6) is -0.577. The maximum absolute atomic E-state index is 11.6. The monoisotopic (exact) mass is 236 g/mol. The van der Waals surface area contributed by atoms with Crippen LogP contribution < -0.4 is 16.0 Å². The standard InChI is InChI=1S/C11H16N4O2/c1-3-13-10(16)7-15-11(17)9-5-4-8(12-2)6-14-9/h4-6,12H,3,7H2,1-2H3,(H,13,16)(H,15,17). The van der Waals surface area contributed by atoms with Crippen molar-refractivity contribution in [1.82, 2.24) is 15.6 Å². The Morgan fingerprint density at radius 1 is 1.29 bits per heavy atom. The Morgan fingerprint density at radius 2 is 2.06 bits per heavy atom. The number of nitrogens with zero attached hydrogens (tertiary/aromatic N) is 1. The molecule has 92 valence electrons. The van der Waals surface area contributed by atoms with E-state index in [1.165, 1.54) is 0 Å². The van der Waals surface area contributed by atoms with Crippen molar-refractivity contribution in [1.29, 1.82) is 0 Å². The number of anilines is 1. The van der Waals surface area contributed by atoms with Crippen LogP contribution in [-0.4, -0.2) is 36.9 Å². The van der Waals surface area contributed by atoms with Gasteiger partial charge in [-0.05, 0) is 19.1 Å². The molecule has 1 heterocycles. The summed E-state index contributed by atoms with van der Waals surface area (Å²) in [6.45, 7) is 2.32. The van der Waals surface area contributed by atoms with Gasteiger partial charge < -0.3 is 16.0 Å². The van der Waals surface area contributed by atoms with E-state index in [1.807, 2.05) is 6.92 Å². The summed E-state index contributed by atoms with van der Waals surface area (Å²) in [6.07, 6.45) is 1.56. The van der Waals surface area contributed by atoms with Gasteiger partial charge in [0.2, 0.25) is 5.91 Å². The predicted molar refractivity (Wildman–Crippen MR) is 64.8 cm³/mol. The van der Waals surface area contributed by atoms with Crippen LogP contribution in [0.3, 0.4) is 0 Å². The molecule has 0 saturated heterocycles. The van der Waals surface area contributed by atoms with E-state index in [2.05, 4.69) is 20.9 Å². The quantitative estimate of drug-likeness (QED) is 0.671. The molecule has 17 heavy (non-hydrogen) atoms. The molecule has 0 unspecified atom stereocenters. The van der Waals surface area contributed by atoms with Gasteiger partial charge in [-0.15, -0.1) is 0 Å². The van der Waals surface area contributed by atoms with Crippen LogP contribution in [0.1, 0.15) is 17.4 Å². The fourth-order valence-electron chi connectivity index (χ4n) is 1.19. The summed E-state index contributed by atoms with van der Waals surface area (Å²) >= 11 is 0. The van der Waals surface area contributed by atoms with Crippen LogP contribution in [0.2, 0.25) is 0 Å². The van der Waals surface area contributed by atoms with Gasteiger partial charge in [-0.2, -0.15) is 0 Å². The summed E-state index contributed by atoms with van der Waals surface area (Å²) in [7, 11) is 1.77. The van der Waals surface area contributed by atoms with Crippen molar-refractivity contribution in [2.24, 2.45) is 0 Å². The summed E-state index contributed by atoms with van der Waals surface area (Å²) in [4.78, 5) is 26.7. The minimum absolute atomic E-state index is 0.0396. The van der Waals surface area contributed by atoms with Gasteiger partial charge in [0.15, 0.2) is 0 Å².